The van der Waals surface area contributed by atoms with Gasteiger partial charge in [-0.3, -0.25) is 14.6 Å². The highest BCUT2D eigenvalue weighted by Gasteiger charge is 2.41. The summed E-state index contributed by atoms with van der Waals surface area (Å²) in [5.74, 6) is -0.110. The first kappa shape index (κ1) is 24.7. The van der Waals surface area contributed by atoms with Crippen LogP contribution in [0.1, 0.15) is 24.0 Å². The number of carbonyl (C=O) groups excluding carboxylic acids is 2. The lowest BCUT2D eigenvalue weighted by Crippen LogP contribution is -2.51. The molecule has 2 amide bonds. The van der Waals surface area contributed by atoms with Gasteiger partial charge in [0, 0.05) is 65.4 Å². The number of aromatic nitrogens is 3. The Hall–Kier alpha value is -4.59. The number of hydrogen-bond donors (Lipinski definition) is 4. The molecule has 0 aliphatic carbocycles. The van der Waals surface area contributed by atoms with Gasteiger partial charge >= 0.3 is 0 Å². The molecular weight excluding hydrogens is 488 g/mol. The van der Waals surface area contributed by atoms with E-state index in [0.29, 0.717) is 25.9 Å². The third-order valence-corrected chi connectivity index (χ3v) is 7.69. The smallest absolute Gasteiger partial charge is 0.242 e. The molecule has 0 radical (unpaired) electrons. The van der Waals surface area contributed by atoms with E-state index in [9.17, 15) is 9.59 Å². The van der Waals surface area contributed by atoms with Gasteiger partial charge in [-0.2, -0.15) is 0 Å². The maximum atomic E-state index is 13.4. The monoisotopic (exact) mass is 520 g/mol. The first-order valence-corrected chi connectivity index (χ1v) is 13.5. The molecule has 6 rings (SSSR count). The lowest BCUT2D eigenvalue weighted by Gasteiger charge is -2.31. The minimum atomic E-state index is -0.417. The van der Waals surface area contributed by atoms with Crippen LogP contribution in [0.4, 0.5) is 5.69 Å². The largest absolute Gasteiger partial charge is 0.361 e. The summed E-state index contributed by atoms with van der Waals surface area (Å²) < 4.78 is 0. The molecule has 1 fully saturated rings. The SMILES string of the molecule is O=C(NCCc1c[nH]c2ccccc12)[C@@H]1CC[C@@H](C(=O)NCCc2c[nH]c3ccccc23)N1c1ccncc1. The fraction of sp³-hybridized carbons (Fsp3) is 0.258. The Morgan fingerprint density at radius 1 is 0.744 bits per heavy atom. The number of benzene rings is 2. The van der Waals surface area contributed by atoms with Gasteiger partial charge in [0.25, 0.3) is 0 Å². The highest BCUT2D eigenvalue weighted by atomic mass is 16.2. The predicted octanol–water partition coefficient (Wildman–Crippen LogP) is 4.10. The number of aromatic amines is 2. The maximum Gasteiger partial charge on any atom is 0.242 e. The van der Waals surface area contributed by atoms with Crippen LogP contribution < -0.4 is 15.5 Å². The molecule has 0 unspecified atom stereocenters. The molecule has 5 aromatic rings. The lowest BCUT2D eigenvalue weighted by molar-refractivity contribution is -0.122. The zero-order chi connectivity index (χ0) is 26.6. The molecule has 2 aromatic carbocycles. The van der Waals surface area contributed by atoms with E-state index in [0.717, 1.165) is 29.6 Å². The summed E-state index contributed by atoms with van der Waals surface area (Å²) in [6.45, 7) is 1.06. The molecule has 4 heterocycles. The number of nitrogens with one attached hydrogen (secondary N) is 4. The Bertz CT molecular complexity index is 1490. The summed E-state index contributed by atoms with van der Waals surface area (Å²) in [5, 5.41) is 8.59. The number of amides is 2. The number of nitrogens with zero attached hydrogens (tertiary/aromatic N) is 2. The second-order valence-corrected chi connectivity index (χ2v) is 10.0. The van der Waals surface area contributed by atoms with E-state index in [2.05, 4.69) is 37.7 Å². The normalized spacial score (nSPS) is 17.1. The number of pyridine rings is 1. The zero-order valence-electron chi connectivity index (χ0n) is 21.7. The Balaban J connectivity index is 1.10. The Labute approximate surface area is 226 Å². The number of fused-ring (bicyclic) bond motifs is 2. The van der Waals surface area contributed by atoms with Gasteiger partial charge in [0.15, 0.2) is 0 Å². The third kappa shape index (κ3) is 5.10. The summed E-state index contributed by atoms with van der Waals surface area (Å²) in [6, 6.07) is 19.2. The highest BCUT2D eigenvalue weighted by Crippen LogP contribution is 2.31. The first-order chi connectivity index (χ1) is 19.2. The molecule has 3 aromatic heterocycles. The van der Waals surface area contributed by atoms with E-state index >= 15 is 0 Å². The Morgan fingerprint density at radius 3 is 1.74 bits per heavy atom. The molecular formula is C31H32N6O2. The van der Waals surface area contributed by atoms with Gasteiger partial charge in [0.05, 0.1) is 0 Å². The average molecular weight is 521 g/mol. The van der Waals surface area contributed by atoms with E-state index in [1.165, 1.54) is 21.9 Å². The van der Waals surface area contributed by atoms with Crippen molar-refractivity contribution in [3.8, 4) is 0 Å². The number of hydrogen-bond acceptors (Lipinski definition) is 4. The van der Waals surface area contributed by atoms with Crippen molar-refractivity contribution in [3.05, 3.63) is 96.6 Å². The van der Waals surface area contributed by atoms with Crippen LogP contribution in [0.2, 0.25) is 0 Å². The molecule has 0 saturated carbocycles. The van der Waals surface area contributed by atoms with Crippen LogP contribution in [0.15, 0.2) is 85.5 Å². The van der Waals surface area contributed by atoms with Gasteiger partial charge in [-0.15, -0.1) is 0 Å². The zero-order valence-corrected chi connectivity index (χ0v) is 21.7. The van der Waals surface area contributed by atoms with Gasteiger partial charge in [-0.25, -0.2) is 0 Å². The highest BCUT2D eigenvalue weighted by molar-refractivity contribution is 5.93. The van der Waals surface area contributed by atoms with E-state index in [-0.39, 0.29) is 11.8 Å². The molecule has 2 atom stereocenters. The van der Waals surface area contributed by atoms with Crippen LogP contribution in [-0.4, -0.2) is 51.9 Å². The number of anilines is 1. The van der Waals surface area contributed by atoms with Crippen LogP contribution in [0.5, 0.6) is 0 Å². The van der Waals surface area contributed by atoms with Crippen LogP contribution in [0.3, 0.4) is 0 Å². The van der Waals surface area contributed by atoms with Gasteiger partial charge in [0.2, 0.25) is 11.8 Å². The summed E-state index contributed by atoms with van der Waals surface area (Å²) in [5.41, 5.74) is 5.37. The lowest BCUT2D eigenvalue weighted by atomic mass is 10.1. The quantitative estimate of drug-likeness (QED) is 0.235. The molecule has 4 N–H and O–H groups in total. The molecule has 1 aliphatic rings. The van der Waals surface area contributed by atoms with Crippen molar-refractivity contribution in [1.29, 1.82) is 0 Å². The van der Waals surface area contributed by atoms with Crippen LogP contribution in [-0.2, 0) is 22.4 Å². The summed E-state index contributed by atoms with van der Waals surface area (Å²) in [7, 11) is 0. The van der Waals surface area contributed by atoms with Crippen molar-refractivity contribution in [1.82, 2.24) is 25.6 Å². The number of rotatable bonds is 9. The molecule has 8 nitrogen and oxygen atoms in total. The second kappa shape index (κ2) is 11.0. The number of H-pyrrole nitrogens is 2. The van der Waals surface area contributed by atoms with Gasteiger partial charge in [-0.05, 0) is 61.1 Å². The molecule has 39 heavy (non-hydrogen) atoms. The molecule has 198 valence electrons. The molecule has 0 bridgehead atoms. The van der Waals surface area contributed by atoms with Gasteiger partial charge in [0.1, 0.15) is 12.1 Å². The minimum absolute atomic E-state index is 0.0549. The standard InChI is InChI=1S/C31H32N6O2/c38-30(33-17-11-21-19-35-26-7-3-1-5-24(21)26)28-9-10-29(37(28)23-13-15-32-16-14-23)31(39)34-18-12-22-20-36-27-8-4-2-6-25(22)27/h1-8,13-16,19-20,28-29,35-36H,9-12,17-18H2,(H,33,38)(H,34,39)/t28-,29-/m0/s1. The van der Waals surface area contributed by atoms with Crippen molar-refractivity contribution in [3.63, 3.8) is 0 Å². The molecule has 1 aliphatic heterocycles. The van der Waals surface area contributed by atoms with Crippen molar-refractivity contribution in [2.24, 2.45) is 0 Å². The van der Waals surface area contributed by atoms with Crippen molar-refractivity contribution < 1.29 is 9.59 Å². The van der Waals surface area contributed by atoms with Gasteiger partial charge in [-0.1, -0.05) is 36.4 Å². The maximum absolute atomic E-state index is 13.4. The van der Waals surface area contributed by atoms with Crippen LogP contribution >= 0.6 is 0 Å². The fourth-order valence-electron chi connectivity index (χ4n) is 5.76. The second-order valence-electron chi connectivity index (χ2n) is 10.0. The summed E-state index contributed by atoms with van der Waals surface area (Å²) >= 11 is 0. The van der Waals surface area contributed by atoms with E-state index in [1.54, 1.807) is 12.4 Å². The topological polar surface area (TPSA) is 106 Å². The van der Waals surface area contributed by atoms with Crippen molar-refractivity contribution in [2.75, 3.05) is 18.0 Å². The van der Waals surface area contributed by atoms with Crippen molar-refractivity contribution in [2.45, 2.75) is 37.8 Å². The molecule has 8 heteroatoms. The summed E-state index contributed by atoms with van der Waals surface area (Å²) in [4.78, 5) is 39.4. The average Bonchev–Trinajstić information content (AvgIpc) is 3.71. The third-order valence-electron chi connectivity index (χ3n) is 7.69. The predicted molar refractivity (Wildman–Crippen MR) is 154 cm³/mol. The van der Waals surface area contributed by atoms with Crippen molar-refractivity contribution >= 4 is 39.3 Å². The first-order valence-electron chi connectivity index (χ1n) is 13.5. The summed E-state index contributed by atoms with van der Waals surface area (Å²) in [6.07, 6.45) is 10.1. The number of para-hydroxylation sites is 2. The Morgan fingerprint density at radius 2 is 1.23 bits per heavy atom. The van der Waals surface area contributed by atoms with E-state index < -0.39 is 12.1 Å². The van der Waals surface area contributed by atoms with Crippen LogP contribution in [0, 0.1) is 0 Å². The number of carbonyl (C=O) groups is 2. The molecule has 0 spiro atoms. The Kier molecular flexibility index (Phi) is 6.99. The fourth-order valence-corrected chi connectivity index (χ4v) is 5.76. The van der Waals surface area contributed by atoms with Crippen LogP contribution in [0.25, 0.3) is 21.8 Å². The molecule has 1 saturated heterocycles. The van der Waals surface area contributed by atoms with Gasteiger partial charge < -0.3 is 25.5 Å². The minimum Gasteiger partial charge on any atom is -0.361 e. The van der Waals surface area contributed by atoms with E-state index in [4.69, 9.17) is 0 Å². The van der Waals surface area contributed by atoms with E-state index in [1.807, 2.05) is 65.8 Å².